The second-order valence-electron chi connectivity index (χ2n) is 8.29. The monoisotopic (exact) mass is 393 g/mol. The van der Waals surface area contributed by atoms with Gasteiger partial charge in [-0.15, -0.1) is 10.2 Å². The number of hydrogen-bond acceptors (Lipinski definition) is 4. The van der Waals surface area contributed by atoms with Gasteiger partial charge < -0.3 is 14.4 Å². The molecule has 1 aromatic carbocycles. The van der Waals surface area contributed by atoms with Crippen LogP contribution in [0.4, 0.5) is 5.69 Å². The summed E-state index contributed by atoms with van der Waals surface area (Å²) in [5, 5.41) is 8.93. The fourth-order valence-corrected chi connectivity index (χ4v) is 4.90. The van der Waals surface area contributed by atoms with E-state index >= 15 is 0 Å². The Morgan fingerprint density at radius 1 is 0.897 bits per heavy atom. The molecule has 2 amide bonds. The minimum absolute atomic E-state index is 0.00156. The van der Waals surface area contributed by atoms with Crippen molar-refractivity contribution in [1.29, 1.82) is 0 Å². The summed E-state index contributed by atoms with van der Waals surface area (Å²) in [5.74, 6) is 2.22. The van der Waals surface area contributed by atoms with Crippen molar-refractivity contribution in [3.8, 4) is 0 Å². The zero-order chi connectivity index (χ0) is 19.8. The highest BCUT2D eigenvalue weighted by Gasteiger charge is 2.35. The zero-order valence-electron chi connectivity index (χ0n) is 16.7. The standard InChI is InChI=1S/C22H27N5O2/c28-20-8-5-14-25(20)17-11-9-16(10-12-17)22(29)26-15-4-6-18(26)21-24-23-19-7-2-1-3-13-27(19)21/h9-12,18H,1-8,13-15H2. The second-order valence-corrected chi connectivity index (χ2v) is 8.29. The number of amides is 2. The number of nitrogens with zero attached hydrogens (tertiary/aromatic N) is 5. The fraction of sp³-hybridized carbons (Fsp3) is 0.545. The first-order chi connectivity index (χ1) is 14.2. The Morgan fingerprint density at radius 2 is 1.76 bits per heavy atom. The van der Waals surface area contributed by atoms with Crippen LogP contribution in [0.1, 0.15) is 73.0 Å². The third-order valence-corrected chi connectivity index (χ3v) is 6.45. The molecule has 7 nitrogen and oxygen atoms in total. The van der Waals surface area contributed by atoms with Crippen molar-refractivity contribution < 1.29 is 9.59 Å². The number of hydrogen-bond donors (Lipinski definition) is 0. The van der Waals surface area contributed by atoms with Crippen molar-refractivity contribution in [2.75, 3.05) is 18.0 Å². The maximum Gasteiger partial charge on any atom is 0.254 e. The maximum absolute atomic E-state index is 13.3. The third-order valence-electron chi connectivity index (χ3n) is 6.45. The Morgan fingerprint density at radius 3 is 2.55 bits per heavy atom. The highest BCUT2D eigenvalue weighted by Crippen LogP contribution is 2.34. The lowest BCUT2D eigenvalue weighted by Gasteiger charge is -2.25. The van der Waals surface area contributed by atoms with Crippen LogP contribution in [0.3, 0.4) is 0 Å². The molecule has 0 bridgehead atoms. The van der Waals surface area contributed by atoms with E-state index in [1.165, 1.54) is 6.42 Å². The molecular formula is C22H27N5O2. The highest BCUT2D eigenvalue weighted by molar-refractivity contribution is 5.97. The SMILES string of the molecule is O=C1CCCN1c1ccc(C(=O)N2CCCC2c2nnc3n2CCCCC3)cc1. The van der Waals surface area contributed by atoms with E-state index in [2.05, 4.69) is 14.8 Å². The van der Waals surface area contributed by atoms with Crippen LogP contribution < -0.4 is 4.90 Å². The van der Waals surface area contributed by atoms with E-state index in [9.17, 15) is 9.59 Å². The van der Waals surface area contributed by atoms with Gasteiger partial charge in [-0.25, -0.2) is 0 Å². The van der Waals surface area contributed by atoms with E-state index in [0.717, 1.165) is 75.5 Å². The molecule has 29 heavy (non-hydrogen) atoms. The topological polar surface area (TPSA) is 71.3 Å². The van der Waals surface area contributed by atoms with E-state index in [1.807, 2.05) is 29.2 Å². The predicted molar refractivity (Wildman–Crippen MR) is 109 cm³/mol. The van der Waals surface area contributed by atoms with E-state index in [1.54, 1.807) is 4.90 Å². The minimum atomic E-state index is 0.00156. The smallest absolute Gasteiger partial charge is 0.254 e. The van der Waals surface area contributed by atoms with Gasteiger partial charge in [0.1, 0.15) is 5.82 Å². The Kier molecular flexibility index (Phi) is 4.81. The quantitative estimate of drug-likeness (QED) is 0.803. The summed E-state index contributed by atoms with van der Waals surface area (Å²) in [7, 11) is 0. The number of anilines is 1. The highest BCUT2D eigenvalue weighted by atomic mass is 16.2. The van der Waals surface area contributed by atoms with E-state index in [-0.39, 0.29) is 17.9 Å². The van der Waals surface area contributed by atoms with Crippen molar-refractivity contribution in [2.45, 2.75) is 64.0 Å². The fourth-order valence-electron chi connectivity index (χ4n) is 4.90. The van der Waals surface area contributed by atoms with Crippen molar-refractivity contribution in [1.82, 2.24) is 19.7 Å². The summed E-state index contributed by atoms with van der Waals surface area (Å²) in [5.41, 5.74) is 1.55. The molecule has 5 rings (SSSR count). The van der Waals surface area contributed by atoms with Gasteiger partial charge in [0, 0.05) is 43.7 Å². The second kappa shape index (κ2) is 7.61. The van der Waals surface area contributed by atoms with Gasteiger partial charge in [0.15, 0.2) is 5.82 Å². The van der Waals surface area contributed by atoms with Gasteiger partial charge in [-0.2, -0.15) is 0 Å². The molecule has 152 valence electrons. The molecule has 4 heterocycles. The molecule has 7 heteroatoms. The van der Waals surface area contributed by atoms with Crippen LogP contribution in [0, 0.1) is 0 Å². The number of carbonyl (C=O) groups is 2. The van der Waals surface area contributed by atoms with Crippen molar-refractivity contribution in [3.05, 3.63) is 41.5 Å². The number of benzene rings is 1. The van der Waals surface area contributed by atoms with Crippen LogP contribution in [0.15, 0.2) is 24.3 Å². The summed E-state index contributed by atoms with van der Waals surface area (Å²) >= 11 is 0. The number of likely N-dealkylation sites (tertiary alicyclic amines) is 1. The van der Waals surface area contributed by atoms with Crippen LogP contribution in [0.25, 0.3) is 0 Å². The van der Waals surface area contributed by atoms with Crippen molar-refractivity contribution in [3.63, 3.8) is 0 Å². The maximum atomic E-state index is 13.3. The summed E-state index contributed by atoms with van der Waals surface area (Å²) in [4.78, 5) is 29.0. The Hall–Kier alpha value is -2.70. The summed E-state index contributed by atoms with van der Waals surface area (Å²) < 4.78 is 2.26. The zero-order valence-corrected chi connectivity index (χ0v) is 16.7. The summed E-state index contributed by atoms with van der Waals surface area (Å²) in [6, 6.07) is 7.49. The van der Waals surface area contributed by atoms with Crippen LogP contribution >= 0.6 is 0 Å². The lowest BCUT2D eigenvalue weighted by Crippen LogP contribution is -2.32. The van der Waals surface area contributed by atoms with Gasteiger partial charge in [0.2, 0.25) is 5.91 Å². The van der Waals surface area contributed by atoms with Crippen LogP contribution in [0.2, 0.25) is 0 Å². The number of aryl methyl sites for hydroxylation is 1. The first-order valence-corrected chi connectivity index (χ1v) is 10.9. The normalized spacial score (nSPS) is 22.1. The molecule has 1 unspecified atom stereocenters. The molecule has 1 atom stereocenters. The first kappa shape index (κ1) is 18.3. The van der Waals surface area contributed by atoms with Crippen LogP contribution in [-0.2, 0) is 17.8 Å². The molecule has 0 radical (unpaired) electrons. The molecule has 2 aromatic rings. The third kappa shape index (κ3) is 3.32. The van der Waals surface area contributed by atoms with E-state index < -0.39 is 0 Å². The van der Waals surface area contributed by atoms with Crippen LogP contribution in [0.5, 0.6) is 0 Å². The number of aromatic nitrogens is 3. The van der Waals surface area contributed by atoms with Gasteiger partial charge in [-0.3, -0.25) is 9.59 Å². The number of rotatable bonds is 3. The number of fused-ring (bicyclic) bond motifs is 1. The lowest BCUT2D eigenvalue weighted by molar-refractivity contribution is -0.117. The Balaban J connectivity index is 1.37. The lowest BCUT2D eigenvalue weighted by atomic mass is 10.1. The van der Waals surface area contributed by atoms with Gasteiger partial charge in [0.25, 0.3) is 5.91 Å². The summed E-state index contributed by atoms with van der Waals surface area (Å²) in [6.07, 6.45) is 7.94. The summed E-state index contributed by atoms with van der Waals surface area (Å²) in [6.45, 7) is 2.46. The molecule has 2 saturated heterocycles. The Bertz CT molecular complexity index is 920. The van der Waals surface area contributed by atoms with Gasteiger partial charge in [-0.1, -0.05) is 6.42 Å². The molecule has 0 N–H and O–H groups in total. The van der Waals surface area contributed by atoms with Gasteiger partial charge >= 0.3 is 0 Å². The first-order valence-electron chi connectivity index (χ1n) is 10.9. The molecule has 3 aliphatic heterocycles. The molecule has 1 aromatic heterocycles. The average Bonchev–Trinajstić information content (AvgIpc) is 3.44. The van der Waals surface area contributed by atoms with Crippen molar-refractivity contribution >= 4 is 17.5 Å². The van der Waals surface area contributed by atoms with Gasteiger partial charge in [0.05, 0.1) is 6.04 Å². The molecule has 3 aliphatic rings. The average molecular weight is 393 g/mol. The molecule has 0 aliphatic carbocycles. The van der Waals surface area contributed by atoms with Gasteiger partial charge in [-0.05, 0) is 56.4 Å². The van der Waals surface area contributed by atoms with Crippen molar-refractivity contribution in [2.24, 2.45) is 0 Å². The number of carbonyl (C=O) groups excluding carboxylic acids is 2. The predicted octanol–water partition coefficient (Wildman–Crippen LogP) is 3.11. The Labute approximate surface area is 170 Å². The molecule has 0 spiro atoms. The minimum Gasteiger partial charge on any atom is -0.328 e. The molecular weight excluding hydrogens is 366 g/mol. The van der Waals surface area contributed by atoms with E-state index in [0.29, 0.717) is 12.0 Å². The largest absolute Gasteiger partial charge is 0.328 e. The van der Waals surface area contributed by atoms with E-state index in [4.69, 9.17) is 0 Å². The molecule has 2 fully saturated rings. The molecule has 0 saturated carbocycles. The van der Waals surface area contributed by atoms with Crippen LogP contribution in [-0.4, -0.2) is 44.6 Å².